The molecule has 3 aromatic rings. The first kappa shape index (κ1) is 18.3. The first-order chi connectivity index (χ1) is 12.7. The van der Waals surface area contributed by atoms with Gasteiger partial charge < -0.3 is 5.32 Å². The Hall–Kier alpha value is -2.50. The molecule has 1 aromatic heterocycles. The van der Waals surface area contributed by atoms with Crippen LogP contribution in [0.4, 0.5) is 4.39 Å². The minimum atomic E-state index is -0.271. The fourth-order valence-corrected chi connectivity index (χ4v) is 3.48. The van der Waals surface area contributed by atoms with Crippen molar-refractivity contribution in [1.29, 1.82) is 0 Å². The highest BCUT2D eigenvalue weighted by Crippen LogP contribution is 2.22. The first-order valence-electron chi connectivity index (χ1n) is 8.55. The van der Waals surface area contributed by atoms with Crippen LogP contribution < -0.4 is 10.6 Å². The number of carbonyl (C=O) groups excluding carboxylic acids is 1. The number of nitrogens with one attached hydrogen (secondary N) is 2. The molecule has 0 fully saturated rings. The summed E-state index contributed by atoms with van der Waals surface area (Å²) in [6.45, 7) is 0.814. The Bertz CT molecular complexity index is 804. The molecule has 3 nitrogen and oxygen atoms in total. The van der Waals surface area contributed by atoms with E-state index < -0.39 is 0 Å². The Morgan fingerprint density at radius 1 is 0.962 bits per heavy atom. The maximum atomic E-state index is 13.2. The fourth-order valence-electron chi connectivity index (χ4n) is 2.77. The second-order valence-corrected chi connectivity index (χ2v) is 6.99. The van der Waals surface area contributed by atoms with Crippen LogP contribution in [0, 0.1) is 5.82 Å². The fraction of sp³-hybridized carbons (Fsp3) is 0.190. The van der Waals surface area contributed by atoms with E-state index >= 15 is 0 Å². The Morgan fingerprint density at radius 3 is 2.38 bits per heavy atom. The van der Waals surface area contributed by atoms with Crippen molar-refractivity contribution < 1.29 is 9.18 Å². The Kier molecular flexibility index (Phi) is 6.52. The molecule has 0 aliphatic heterocycles. The van der Waals surface area contributed by atoms with E-state index in [1.807, 2.05) is 41.8 Å². The smallest absolute Gasteiger partial charge is 0.233 e. The predicted molar refractivity (Wildman–Crippen MR) is 104 cm³/mol. The highest BCUT2D eigenvalue weighted by molar-refractivity contribution is 7.09. The number of hydrogen-bond donors (Lipinski definition) is 2. The van der Waals surface area contributed by atoms with Gasteiger partial charge in [0.1, 0.15) is 5.82 Å². The van der Waals surface area contributed by atoms with Crippen LogP contribution in [-0.4, -0.2) is 19.0 Å². The quantitative estimate of drug-likeness (QED) is 0.633. The van der Waals surface area contributed by atoms with Crippen LogP contribution in [0.5, 0.6) is 0 Å². The second kappa shape index (κ2) is 9.27. The van der Waals surface area contributed by atoms with Gasteiger partial charge in [0.15, 0.2) is 0 Å². The van der Waals surface area contributed by atoms with Gasteiger partial charge in [0, 0.05) is 11.4 Å². The molecule has 3 rings (SSSR count). The maximum absolute atomic E-state index is 13.2. The van der Waals surface area contributed by atoms with Gasteiger partial charge >= 0.3 is 0 Å². The van der Waals surface area contributed by atoms with Crippen molar-refractivity contribution in [2.24, 2.45) is 0 Å². The van der Waals surface area contributed by atoms with Gasteiger partial charge in [-0.25, -0.2) is 4.39 Å². The highest BCUT2D eigenvalue weighted by Gasteiger charge is 2.15. The summed E-state index contributed by atoms with van der Waals surface area (Å²) in [6.07, 6.45) is 0.837. The van der Waals surface area contributed by atoms with Crippen molar-refractivity contribution in [3.63, 3.8) is 0 Å². The molecular formula is C21H21FN2OS. The van der Waals surface area contributed by atoms with Crippen LogP contribution in [0.1, 0.15) is 22.0 Å². The summed E-state index contributed by atoms with van der Waals surface area (Å²) in [4.78, 5) is 13.4. The van der Waals surface area contributed by atoms with Crippen LogP contribution in [0.25, 0.3) is 0 Å². The van der Waals surface area contributed by atoms with Gasteiger partial charge in [-0.15, -0.1) is 11.3 Å². The lowest BCUT2D eigenvalue weighted by molar-refractivity contribution is -0.120. The van der Waals surface area contributed by atoms with E-state index in [0.717, 1.165) is 17.5 Å². The number of thiophene rings is 1. The molecule has 0 radical (unpaired) electrons. The van der Waals surface area contributed by atoms with Crippen molar-refractivity contribution in [3.05, 3.63) is 93.9 Å². The molecule has 0 saturated heterocycles. The summed E-state index contributed by atoms with van der Waals surface area (Å²) in [5.74, 6) is -0.323. The molecule has 134 valence electrons. The average Bonchev–Trinajstić information content (AvgIpc) is 3.18. The van der Waals surface area contributed by atoms with E-state index in [0.29, 0.717) is 6.54 Å². The van der Waals surface area contributed by atoms with E-state index in [-0.39, 0.29) is 24.3 Å². The molecular weight excluding hydrogens is 347 g/mol. The van der Waals surface area contributed by atoms with Crippen LogP contribution in [0.2, 0.25) is 0 Å². The van der Waals surface area contributed by atoms with Crippen LogP contribution >= 0.6 is 11.3 Å². The molecule has 1 heterocycles. The Balaban J connectivity index is 1.59. The lowest BCUT2D eigenvalue weighted by Gasteiger charge is -2.19. The molecule has 1 atom stereocenters. The van der Waals surface area contributed by atoms with E-state index in [2.05, 4.69) is 16.7 Å². The number of carbonyl (C=O) groups is 1. The molecule has 0 saturated carbocycles. The van der Waals surface area contributed by atoms with Gasteiger partial charge in [-0.05, 0) is 41.1 Å². The zero-order valence-electron chi connectivity index (χ0n) is 14.3. The normalized spacial score (nSPS) is 11.9. The molecule has 0 bridgehead atoms. The predicted octanol–water partition coefficient (Wildman–Crippen LogP) is 3.93. The van der Waals surface area contributed by atoms with Gasteiger partial charge in [0.2, 0.25) is 5.91 Å². The molecule has 2 aromatic carbocycles. The molecule has 0 aliphatic carbocycles. The van der Waals surface area contributed by atoms with Crippen molar-refractivity contribution in [2.75, 3.05) is 13.1 Å². The second-order valence-electron chi connectivity index (χ2n) is 5.96. The monoisotopic (exact) mass is 368 g/mol. The molecule has 1 unspecified atom stereocenters. The molecule has 0 aliphatic rings. The lowest BCUT2D eigenvalue weighted by atomic mass is 9.98. The van der Waals surface area contributed by atoms with Crippen molar-refractivity contribution >= 4 is 17.2 Å². The van der Waals surface area contributed by atoms with Crippen LogP contribution in [0.3, 0.4) is 0 Å². The third-order valence-electron chi connectivity index (χ3n) is 4.08. The van der Waals surface area contributed by atoms with Gasteiger partial charge in [0.25, 0.3) is 0 Å². The third kappa shape index (κ3) is 5.25. The topological polar surface area (TPSA) is 41.1 Å². The van der Waals surface area contributed by atoms with E-state index in [9.17, 15) is 9.18 Å². The summed E-state index contributed by atoms with van der Waals surface area (Å²) < 4.78 is 13.2. The number of benzene rings is 2. The SMILES string of the molecule is O=C(CNC(c1ccccc1)c1ccc(F)cc1)NCCc1cccs1. The summed E-state index contributed by atoms with van der Waals surface area (Å²) in [7, 11) is 0. The number of rotatable bonds is 8. The van der Waals surface area contributed by atoms with E-state index in [1.165, 1.54) is 17.0 Å². The maximum Gasteiger partial charge on any atom is 0.233 e. The highest BCUT2D eigenvalue weighted by atomic mass is 32.1. The minimum Gasteiger partial charge on any atom is -0.355 e. The first-order valence-corrected chi connectivity index (χ1v) is 9.43. The molecule has 0 spiro atoms. The molecule has 1 amide bonds. The van der Waals surface area contributed by atoms with Gasteiger partial charge in [-0.1, -0.05) is 48.5 Å². The number of amides is 1. The van der Waals surface area contributed by atoms with E-state index in [4.69, 9.17) is 0 Å². The van der Waals surface area contributed by atoms with Crippen molar-refractivity contribution in [3.8, 4) is 0 Å². The van der Waals surface area contributed by atoms with E-state index in [1.54, 1.807) is 23.5 Å². The van der Waals surface area contributed by atoms with Crippen LogP contribution in [-0.2, 0) is 11.2 Å². The van der Waals surface area contributed by atoms with Crippen LogP contribution in [0.15, 0.2) is 72.1 Å². The molecule has 2 N–H and O–H groups in total. The zero-order valence-corrected chi connectivity index (χ0v) is 15.1. The van der Waals surface area contributed by atoms with Gasteiger partial charge in [0.05, 0.1) is 12.6 Å². The number of halogens is 1. The molecule has 26 heavy (non-hydrogen) atoms. The molecule has 5 heteroatoms. The van der Waals surface area contributed by atoms with Crippen molar-refractivity contribution in [2.45, 2.75) is 12.5 Å². The summed E-state index contributed by atoms with van der Waals surface area (Å²) in [5, 5.41) is 8.25. The third-order valence-corrected chi connectivity index (χ3v) is 5.01. The van der Waals surface area contributed by atoms with Gasteiger partial charge in [-0.2, -0.15) is 0 Å². The summed E-state index contributed by atoms with van der Waals surface area (Å²) in [5.41, 5.74) is 1.95. The standard InChI is InChI=1S/C21H21FN2OS/c22-18-10-8-17(9-11-18)21(16-5-2-1-3-6-16)24-15-20(25)23-13-12-19-7-4-14-26-19/h1-11,14,21,24H,12-13,15H2,(H,23,25). The largest absolute Gasteiger partial charge is 0.355 e. The minimum absolute atomic E-state index is 0.0513. The summed E-state index contributed by atoms with van der Waals surface area (Å²) >= 11 is 1.69. The summed E-state index contributed by atoms with van der Waals surface area (Å²) in [6, 6.07) is 20.1. The lowest BCUT2D eigenvalue weighted by Crippen LogP contribution is -2.36. The zero-order chi connectivity index (χ0) is 18.2. The van der Waals surface area contributed by atoms with Crippen molar-refractivity contribution in [1.82, 2.24) is 10.6 Å². The Labute approximate surface area is 156 Å². The Morgan fingerprint density at radius 2 is 1.69 bits per heavy atom. The van der Waals surface area contributed by atoms with Gasteiger partial charge in [-0.3, -0.25) is 10.1 Å². The number of hydrogen-bond acceptors (Lipinski definition) is 3. The average molecular weight is 368 g/mol.